The van der Waals surface area contributed by atoms with Crippen molar-refractivity contribution in [2.45, 2.75) is 51.5 Å². The summed E-state index contributed by atoms with van der Waals surface area (Å²) in [5.74, 6) is 0.187. The van der Waals surface area contributed by atoms with Crippen molar-refractivity contribution in [3.63, 3.8) is 0 Å². The molecule has 1 amide bonds. The van der Waals surface area contributed by atoms with E-state index in [9.17, 15) is 4.79 Å². The molecule has 20 heavy (non-hydrogen) atoms. The number of carbonyl (C=O) groups is 1. The molecule has 114 valence electrons. The van der Waals surface area contributed by atoms with Gasteiger partial charge in [0.15, 0.2) is 0 Å². The van der Waals surface area contributed by atoms with Crippen LogP contribution in [0.25, 0.3) is 0 Å². The first kappa shape index (κ1) is 15.7. The highest BCUT2D eigenvalue weighted by atomic mass is 32.1. The number of likely N-dealkylation sites (N-methyl/N-ethyl adjacent to an activating group) is 1. The Labute approximate surface area is 127 Å². The smallest absolute Gasteiger partial charge is 0.235 e. The van der Waals surface area contributed by atoms with Crippen molar-refractivity contribution >= 4 is 23.1 Å². The summed E-state index contributed by atoms with van der Waals surface area (Å²) in [6, 6.07) is 0.405. The molecule has 1 unspecified atom stereocenters. The standard InChI is InChI=1S/C15H27N3OS/c1-12-11-18(10-9-17(12)2)14(19)15(13(16)20)7-5-3-4-6-8-15/h12H,3-11H2,1-2H3,(H2,16,20). The Morgan fingerprint density at radius 2 is 1.80 bits per heavy atom. The minimum atomic E-state index is -0.568. The van der Waals surface area contributed by atoms with Crippen LogP contribution in [-0.2, 0) is 4.79 Å². The Balaban J connectivity index is 2.16. The van der Waals surface area contributed by atoms with Gasteiger partial charge in [0.1, 0.15) is 0 Å². The van der Waals surface area contributed by atoms with Gasteiger partial charge in [0.05, 0.1) is 10.4 Å². The molecule has 2 fully saturated rings. The summed E-state index contributed by atoms with van der Waals surface area (Å²) < 4.78 is 0. The second-order valence-electron chi connectivity index (χ2n) is 6.44. The summed E-state index contributed by atoms with van der Waals surface area (Å²) in [6.07, 6.45) is 6.18. The van der Waals surface area contributed by atoms with Crippen LogP contribution >= 0.6 is 12.2 Å². The fourth-order valence-electron chi connectivity index (χ4n) is 3.43. The van der Waals surface area contributed by atoms with E-state index < -0.39 is 5.41 Å². The maximum absolute atomic E-state index is 13.1. The van der Waals surface area contributed by atoms with Gasteiger partial charge in [0.25, 0.3) is 0 Å². The van der Waals surface area contributed by atoms with Crippen LogP contribution in [-0.4, -0.2) is 53.4 Å². The van der Waals surface area contributed by atoms with E-state index in [-0.39, 0.29) is 5.91 Å². The first-order chi connectivity index (χ1) is 9.47. The van der Waals surface area contributed by atoms with Crippen LogP contribution in [0.1, 0.15) is 45.4 Å². The number of thiocarbonyl (C=S) groups is 1. The zero-order chi connectivity index (χ0) is 14.8. The highest BCUT2D eigenvalue weighted by molar-refractivity contribution is 7.80. The van der Waals surface area contributed by atoms with E-state index in [1.165, 1.54) is 12.8 Å². The van der Waals surface area contributed by atoms with E-state index in [0.29, 0.717) is 11.0 Å². The molecule has 1 atom stereocenters. The van der Waals surface area contributed by atoms with Gasteiger partial charge in [-0.25, -0.2) is 0 Å². The van der Waals surface area contributed by atoms with E-state index in [1.807, 2.05) is 4.90 Å². The lowest BCUT2D eigenvalue weighted by atomic mass is 9.78. The predicted molar refractivity (Wildman–Crippen MR) is 85.6 cm³/mol. The molecule has 2 rings (SSSR count). The molecule has 2 aliphatic rings. The molecule has 0 spiro atoms. The topological polar surface area (TPSA) is 49.6 Å². The van der Waals surface area contributed by atoms with Gasteiger partial charge in [0, 0.05) is 25.7 Å². The van der Waals surface area contributed by atoms with Crippen molar-refractivity contribution in [2.24, 2.45) is 11.1 Å². The highest BCUT2D eigenvalue weighted by Gasteiger charge is 2.44. The van der Waals surface area contributed by atoms with Crippen LogP contribution in [0.4, 0.5) is 0 Å². The number of hydrogen-bond acceptors (Lipinski definition) is 3. The molecule has 4 nitrogen and oxygen atoms in total. The fraction of sp³-hybridized carbons (Fsp3) is 0.867. The monoisotopic (exact) mass is 297 g/mol. The molecule has 0 aromatic carbocycles. The molecule has 1 saturated carbocycles. The predicted octanol–water partition coefficient (Wildman–Crippen LogP) is 1.78. The summed E-state index contributed by atoms with van der Waals surface area (Å²) in [5, 5.41) is 0. The maximum Gasteiger partial charge on any atom is 0.235 e. The van der Waals surface area contributed by atoms with Crippen LogP contribution in [0.15, 0.2) is 0 Å². The molecule has 1 aliphatic carbocycles. The number of amides is 1. The number of carbonyl (C=O) groups excluding carboxylic acids is 1. The van der Waals surface area contributed by atoms with Crippen molar-refractivity contribution in [1.82, 2.24) is 9.80 Å². The Bertz CT molecular complexity index is 377. The van der Waals surface area contributed by atoms with Gasteiger partial charge >= 0.3 is 0 Å². The second-order valence-corrected chi connectivity index (χ2v) is 6.88. The Kier molecular flexibility index (Phi) is 5.02. The largest absolute Gasteiger partial charge is 0.392 e. The molecule has 1 heterocycles. The van der Waals surface area contributed by atoms with Gasteiger partial charge in [-0.05, 0) is 26.8 Å². The van der Waals surface area contributed by atoms with Gasteiger partial charge in [-0.15, -0.1) is 0 Å². The zero-order valence-corrected chi connectivity index (χ0v) is 13.5. The van der Waals surface area contributed by atoms with E-state index in [2.05, 4.69) is 18.9 Å². The summed E-state index contributed by atoms with van der Waals surface area (Å²) in [7, 11) is 2.11. The van der Waals surface area contributed by atoms with Crippen LogP contribution in [0, 0.1) is 5.41 Å². The van der Waals surface area contributed by atoms with E-state index in [0.717, 1.165) is 45.3 Å². The molecule has 0 bridgehead atoms. The van der Waals surface area contributed by atoms with E-state index in [4.69, 9.17) is 18.0 Å². The van der Waals surface area contributed by atoms with Crippen molar-refractivity contribution in [3.8, 4) is 0 Å². The normalized spacial score (nSPS) is 27.9. The Morgan fingerprint density at radius 3 is 2.30 bits per heavy atom. The molecule has 0 radical (unpaired) electrons. The summed E-state index contributed by atoms with van der Waals surface area (Å²) in [4.78, 5) is 17.8. The molecule has 0 aromatic heterocycles. The van der Waals surface area contributed by atoms with Crippen LogP contribution < -0.4 is 5.73 Å². The molecule has 1 aliphatic heterocycles. The number of rotatable bonds is 2. The van der Waals surface area contributed by atoms with Crippen LogP contribution in [0.3, 0.4) is 0 Å². The van der Waals surface area contributed by atoms with Crippen LogP contribution in [0.5, 0.6) is 0 Å². The number of nitrogens with two attached hydrogens (primary N) is 1. The van der Waals surface area contributed by atoms with Gasteiger partial charge in [-0.1, -0.05) is 37.9 Å². The lowest BCUT2D eigenvalue weighted by Gasteiger charge is -2.42. The quantitative estimate of drug-likeness (QED) is 0.623. The van der Waals surface area contributed by atoms with Gasteiger partial charge in [-0.3, -0.25) is 4.79 Å². The molecule has 0 aromatic rings. The van der Waals surface area contributed by atoms with Crippen molar-refractivity contribution in [1.29, 1.82) is 0 Å². The molecular formula is C15H27N3OS. The van der Waals surface area contributed by atoms with Gasteiger partial charge in [-0.2, -0.15) is 0 Å². The molecule has 1 saturated heterocycles. The Morgan fingerprint density at radius 1 is 1.20 bits per heavy atom. The fourth-order valence-corrected chi connectivity index (χ4v) is 3.72. The molecular weight excluding hydrogens is 270 g/mol. The first-order valence-corrected chi connectivity index (χ1v) is 8.18. The minimum absolute atomic E-state index is 0.187. The minimum Gasteiger partial charge on any atom is -0.392 e. The number of piperazine rings is 1. The van der Waals surface area contributed by atoms with Gasteiger partial charge < -0.3 is 15.5 Å². The third-order valence-electron chi connectivity index (χ3n) is 5.09. The van der Waals surface area contributed by atoms with E-state index >= 15 is 0 Å². The summed E-state index contributed by atoms with van der Waals surface area (Å²) in [5.41, 5.74) is 5.45. The van der Waals surface area contributed by atoms with Crippen molar-refractivity contribution in [3.05, 3.63) is 0 Å². The van der Waals surface area contributed by atoms with Crippen molar-refractivity contribution in [2.75, 3.05) is 26.7 Å². The second kappa shape index (κ2) is 6.39. The lowest BCUT2D eigenvalue weighted by molar-refractivity contribution is -0.141. The maximum atomic E-state index is 13.1. The molecule has 5 heteroatoms. The summed E-state index contributed by atoms with van der Waals surface area (Å²) >= 11 is 5.31. The Hall–Kier alpha value is -0.680. The van der Waals surface area contributed by atoms with E-state index in [1.54, 1.807) is 0 Å². The SMILES string of the molecule is CC1CN(C(=O)C2(C(N)=S)CCCCCC2)CCN1C. The third kappa shape index (κ3) is 2.98. The van der Waals surface area contributed by atoms with Crippen molar-refractivity contribution < 1.29 is 4.79 Å². The zero-order valence-electron chi connectivity index (χ0n) is 12.7. The average Bonchev–Trinajstić information content (AvgIpc) is 2.67. The number of nitrogens with zero attached hydrogens (tertiary/aromatic N) is 2. The van der Waals surface area contributed by atoms with Gasteiger partial charge in [0.2, 0.25) is 5.91 Å². The number of hydrogen-bond donors (Lipinski definition) is 1. The average molecular weight is 297 g/mol. The lowest BCUT2D eigenvalue weighted by Crippen LogP contribution is -2.58. The summed E-state index contributed by atoms with van der Waals surface area (Å²) in [6.45, 7) is 4.68. The molecule has 2 N–H and O–H groups in total. The van der Waals surface area contributed by atoms with Crippen LogP contribution in [0.2, 0.25) is 0 Å². The highest BCUT2D eigenvalue weighted by Crippen LogP contribution is 2.37. The first-order valence-electron chi connectivity index (χ1n) is 7.77. The third-order valence-corrected chi connectivity index (χ3v) is 5.48.